The number of amides is 1. The maximum atomic E-state index is 9.92. The number of carbonyl (C=O) groups excluding carboxylic acids is 1. The third kappa shape index (κ3) is 3.76. The van der Waals surface area contributed by atoms with Gasteiger partial charge >= 0.3 is 0 Å². The van der Waals surface area contributed by atoms with E-state index in [0.717, 1.165) is 0 Å². The molecule has 6 heteroatoms. The zero-order valence-corrected chi connectivity index (χ0v) is 8.19. The molecular formula is C4H6Cl3NOS. The Balaban J connectivity index is 3.92. The van der Waals surface area contributed by atoms with E-state index < -0.39 is 9.17 Å². The van der Waals surface area contributed by atoms with E-state index in [-0.39, 0.29) is 0 Å². The molecule has 10 heavy (non-hydrogen) atoms. The molecule has 0 heterocycles. The van der Waals surface area contributed by atoms with Gasteiger partial charge in [-0.15, -0.1) is 11.8 Å². The second-order valence-corrected chi connectivity index (χ2v) is 4.75. The number of halogens is 3. The van der Waals surface area contributed by atoms with Crippen molar-refractivity contribution in [3.05, 3.63) is 0 Å². The van der Waals surface area contributed by atoms with Gasteiger partial charge in [-0.1, -0.05) is 34.8 Å². The Morgan fingerprint density at radius 2 is 2.10 bits per heavy atom. The summed E-state index contributed by atoms with van der Waals surface area (Å²) in [6.45, 7) is 0. The van der Waals surface area contributed by atoms with Gasteiger partial charge in [0.15, 0.2) is 0 Å². The van der Waals surface area contributed by atoms with E-state index in [1.807, 2.05) is 0 Å². The molecule has 1 atom stereocenters. The van der Waals surface area contributed by atoms with Crippen LogP contribution < -0.4 is 5.32 Å². The average Bonchev–Trinajstić information content (AvgIpc) is 1.80. The predicted octanol–water partition coefficient (Wildman–Crippen LogP) is 1.79. The fourth-order valence-corrected chi connectivity index (χ4v) is 1.81. The van der Waals surface area contributed by atoms with E-state index in [0.29, 0.717) is 6.41 Å². The van der Waals surface area contributed by atoms with E-state index in [9.17, 15) is 4.79 Å². The van der Waals surface area contributed by atoms with Gasteiger partial charge in [0.25, 0.3) is 0 Å². The maximum Gasteiger partial charge on any atom is 0.219 e. The lowest BCUT2D eigenvalue weighted by Crippen LogP contribution is -2.36. The minimum atomic E-state index is -1.44. The van der Waals surface area contributed by atoms with Crippen molar-refractivity contribution in [3.8, 4) is 0 Å². The normalized spacial score (nSPS) is 14.4. The van der Waals surface area contributed by atoms with Crippen LogP contribution in [0, 0.1) is 0 Å². The molecule has 0 aliphatic rings. The fraction of sp³-hybridized carbons (Fsp3) is 0.750. The highest BCUT2D eigenvalue weighted by Crippen LogP contribution is 2.34. The molecule has 1 N–H and O–H groups in total. The monoisotopic (exact) mass is 221 g/mol. The fourth-order valence-electron chi connectivity index (χ4n) is 0.358. The molecule has 60 valence electrons. The SMILES string of the molecule is CS[C@H](NC=O)C(Cl)(Cl)Cl. The highest BCUT2D eigenvalue weighted by molar-refractivity contribution is 7.99. The first-order chi connectivity index (χ1) is 4.52. The van der Waals surface area contributed by atoms with Gasteiger partial charge in [0.2, 0.25) is 10.2 Å². The summed E-state index contributed by atoms with van der Waals surface area (Å²) in [5, 5.41) is 1.87. The largest absolute Gasteiger partial charge is 0.343 e. The van der Waals surface area contributed by atoms with E-state index in [1.54, 1.807) is 6.26 Å². The maximum absolute atomic E-state index is 9.92. The van der Waals surface area contributed by atoms with E-state index >= 15 is 0 Å². The van der Waals surface area contributed by atoms with Crippen molar-refractivity contribution < 1.29 is 4.79 Å². The van der Waals surface area contributed by atoms with Gasteiger partial charge in [-0.25, -0.2) is 0 Å². The van der Waals surface area contributed by atoms with Gasteiger partial charge in [0, 0.05) is 0 Å². The van der Waals surface area contributed by atoms with Crippen LogP contribution >= 0.6 is 46.6 Å². The van der Waals surface area contributed by atoms with Gasteiger partial charge in [-0.05, 0) is 6.26 Å². The molecule has 0 saturated carbocycles. The van der Waals surface area contributed by atoms with Crippen molar-refractivity contribution >= 4 is 53.0 Å². The Hall–Kier alpha value is 0.690. The van der Waals surface area contributed by atoms with Crippen molar-refractivity contribution in [1.29, 1.82) is 0 Å². The van der Waals surface area contributed by atoms with Crippen LogP contribution in [-0.2, 0) is 4.79 Å². The summed E-state index contributed by atoms with van der Waals surface area (Å²) in [7, 11) is 0. The van der Waals surface area contributed by atoms with E-state index in [2.05, 4.69) is 5.32 Å². The van der Waals surface area contributed by atoms with E-state index in [1.165, 1.54) is 11.8 Å². The molecule has 0 bridgehead atoms. The van der Waals surface area contributed by atoms with Gasteiger partial charge in [-0.3, -0.25) is 4.79 Å². The summed E-state index contributed by atoms with van der Waals surface area (Å²) >= 11 is 17.7. The second kappa shape index (κ2) is 4.54. The average molecular weight is 223 g/mol. The number of hydrogen-bond acceptors (Lipinski definition) is 2. The lowest BCUT2D eigenvalue weighted by Gasteiger charge is -2.20. The highest BCUT2D eigenvalue weighted by atomic mass is 35.6. The van der Waals surface area contributed by atoms with E-state index in [4.69, 9.17) is 34.8 Å². The molecular weight excluding hydrogens is 216 g/mol. The molecule has 0 aliphatic heterocycles. The molecule has 1 amide bonds. The number of carbonyl (C=O) groups is 1. The Morgan fingerprint density at radius 3 is 2.20 bits per heavy atom. The van der Waals surface area contributed by atoms with Crippen LogP contribution in [0.1, 0.15) is 0 Å². The van der Waals surface area contributed by atoms with Crippen LogP contribution in [0.2, 0.25) is 0 Å². The minimum absolute atomic E-state index is 0.491. The van der Waals surface area contributed by atoms with Crippen LogP contribution in [0.5, 0.6) is 0 Å². The smallest absolute Gasteiger partial charge is 0.219 e. The third-order valence-electron chi connectivity index (χ3n) is 0.752. The first-order valence-corrected chi connectivity index (χ1v) is 4.73. The zero-order chi connectivity index (χ0) is 8.20. The molecule has 2 nitrogen and oxygen atoms in total. The second-order valence-electron chi connectivity index (χ2n) is 1.44. The van der Waals surface area contributed by atoms with Crippen molar-refractivity contribution in [3.63, 3.8) is 0 Å². The molecule has 0 saturated heterocycles. The summed E-state index contributed by atoms with van der Waals surface area (Å²) in [6, 6.07) is 0. The van der Waals surface area contributed by atoms with Crippen molar-refractivity contribution in [2.75, 3.05) is 6.26 Å². The highest BCUT2D eigenvalue weighted by Gasteiger charge is 2.31. The summed E-state index contributed by atoms with van der Waals surface area (Å²) in [5.74, 6) is 0. The van der Waals surface area contributed by atoms with Crippen molar-refractivity contribution in [2.24, 2.45) is 0 Å². The number of alkyl halides is 3. The third-order valence-corrected chi connectivity index (χ3v) is 2.76. The van der Waals surface area contributed by atoms with Gasteiger partial charge in [-0.2, -0.15) is 0 Å². The number of hydrogen-bond donors (Lipinski definition) is 1. The van der Waals surface area contributed by atoms with Crippen LogP contribution in [0.25, 0.3) is 0 Å². The summed E-state index contributed by atoms with van der Waals surface area (Å²) in [5.41, 5.74) is 0. The molecule has 0 aromatic carbocycles. The Bertz CT molecular complexity index is 116. The molecule has 0 spiro atoms. The van der Waals surface area contributed by atoms with Crippen LogP contribution in [-0.4, -0.2) is 21.8 Å². The van der Waals surface area contributed by atoms with Gasteiger partial charge < -0.3 is 5.32 Å². The van der Waals surface area contributed by atoms with Gasteiger partial charge in [0.05, 0.1) is 0 Å². The molecule has 0 radical (unpaired) electrons. The first-order valence-electron chi connectivity index (χ1n) is 2.31. The van der Waals surface area contributed by atoms with Crippen molar-refractivity contribution in [1.82, 2.24) is 5.32 Å². The lowest BCUT2D eigenvalue weighted by molar-refractivity contribution is -0.109. The number of thioether (sulfide) groups is 1. The topological polar surface area (TPSA) is 29.1 Å². The molecule has 0 aromatic heterocycles. The minimum Gasteiger partial charge on any atom is -0.343 e. The van der Waals surface area contributed by atoms with Gasteiger partial charge in [0.1, 0.15) is 5.37 Å². The molecule has 0 unspecified atom stereocenters. The predicted molar refractivity (Wildman–Crippen MR) is 46.8 cm³/mol. The van der Waals surface area contributed by atoms with Crippen LogP contribution in [0.15, 0.2) is 0 Å². The Labute approximate surface area is 78.6 Å². The Morgan fingerprint density at radius 1 is 1.60 bits per heavy atom. The molecule has 0 fully saturated rings. The lowest BCUT2D eigenvalue weighted by atomic mass is 10.7. The number of rotatable bonds is 3. The van der Waals surface area contributed by atoms with Crippen molar-refractivity contribution in [2.45, 2.75) is 9.17 Å². The van der Waals surface area contributed by atoms with Crippen LogP contribution in [0.4, 0.5) is 0 Å². The Kier molecular flexibility index (Phi) is 4.86. The van der Waals surface area contributed by atoms with Crippen LogP contribution in [0.3, 0.4) is 0 Å². The summed E-state index contributed by atoms with van der Waals surface area (Å²) in [6.07, 6.45) is 2.24. The first kappa shape index (κ1) is 10.7. The summed E-state index contributed by atoms with van der Waals surface area (Å²) < 4.78 is -1.44. The summed E-state index contributed by atoms with van der Waals surface area (Å²) in [4.78, 5) is 9.92. The number of nitrogens with one attached hydrogen (secondary N) is 1. The quantitative estimate of drug-likeness (QED) is 0.448. The standard InChI is InChI=1S/C4H6Cl3NOS/c1-10-3(8-2-9)4(5,6)7/h2-3H,1H3,(H,8,9)/t3-/m0/s1. The molecule has 0 aromatic rings. The molecule has 0 aliphatic carbocycles. The zero-order valence-electron chi connectivity index (χ0n) is 5.11. The molecule has 0 rings (SSSR count).